The molecule has 0 aliphatic carbocycles. The molecule has 3 aromatic carbocycles. The number of oxazole rings is 1. The molecule has 40 heavy (non-hydrogen) atoms. The molecule has 5 nitrogen and oxygen atoms in total. The fourth-order valence-electron chi connectivity index (χ4n) is 4.92. The molecule has 0 fully saturated rings. The molecule has 5 aromatic rings. The third-order valence-corrected chi connectivity index (χ3v) is 7.22. The fourth-order valence-corrected chi connectivity index (χ4v) is 4.92. The lowest BCUT2D eigenvalue weighted by Crippen LogP contribution is -2.17. The first kappa shape index (κ1) is 27.3. The second kappa shape index (κ2) is 10.1. The number of hydrogen-bond acceptors (Lipinski definition) is 5. The second-order valence-electron chi connectivity index (χ2n) is 12.5. The average Bonchev–Trinajstić information content (AvgIpc) is 3.31. The Kier molecular flexibility index (Phi) is 6.87. The van der Waals surface area contributed by atoms with E-state index in [1.165, 1.54) is 0 Å². The van der Waals surface area contributed by atoms with Gasteiger partial charge in [-0.1, -0.05) is 77.9 Å². The van der Waals surface area contributed by atoms with Gasteiger partial charge in [0, 0.05) is 39.9 Å². The van der Waals surface area contributed by atoms with Crippen LogP contribution in [0, 0.1) is 13.8 Å². The zero-order chi connectivity index (χ0) is 28.8. The lowest BCUT2D eigenvalue weighted by Gasteiger charge is -2.27. The highest BCUT2D eigenvalue weighted by molar-refractivity contribution is 5.94. The predicted molar refractivity (Wildman–Crippen MR) is 165 cm³/mol. The molecule has 5 rings (SSSR count). The highest BCUT2D eigenvalue weighted by Crippen LogP contribution is 2.39. The zero-order valence-electron chi connectivity index (χ0n) is 24.6. The molecular formula is C35H37N3O2. The molecule has 0 atom stereocenters. The first-order valence-corrected chi connectivity index (χ1v) is 13.7. The van der Waals surface area contributed by atoms with Gasteiger partial charge in [0.2, 0.25) is 5.89 Å². The Balaban J connectivity index is 1.60. The molecule has 0 saturated heterocycles. The molecular weight excluding hydrogens is 494 g/mol. The van der Waals surface area contributed by atoms with E-state index in [-0.39, 0.29) is 16.6 Å². The van der Waals surface area contributed by atoms with Crippen LogP contribution in [0.2, 0.25) is 0 Å². The number of aromatic nitrogens is 2. The summed E-state index contributed by atoms with van der Waals surface area (Å²) in [4.78, 5) is 14.4. The number of phenols is 1. The zero-order valence-corrected chi connectivity index (χ0v) is 24.6. The smallest absolute Gasteiger partial charge is 0.229 e. The molecule has 0 amide bonds. The number of pyridine rings is 1. The van der Waals surface area contributed by atoms with Gasteiger partial charge in [0.05, 0.1) is 11.3 Å². The summed E-state index contributed by atoms with van der Waals surface area (Å²) in [6.07, 6.45) is 1.74. The SMILES string of the molecule is Cc1ccc(-c2cccc3oc(-c4ccccc4N=Cc4cc(C(C)(C)C)cc(C(C)(C)C)c4O)nc23)c(C)n1. The Labute approximate surface area is 236 Å². The van der Waals surface area contributed by atoms with Gasteiger partial charge in [-0.05, 0) is 60.6 Å². The van der Waals surface area contributed by atoms with Gasteiger partial charge in [0.15, 0.2) is 5.58 Å². The number of hydrogen-bond donors (Lipinski definition) is 1. The minimum Gasteiger partial charge on any atom is -0.507 e. The summed E-state index contributed by atoms with van der Waals surface area (Å²) in [7, 11) is 0. The van der Waals surface area contributed by atoms with E-state index in [4.69, 9.17) is 14.4 Å². The average molecular weight is 532 g/mol. The number of phenolic OH excluding ortho intramolecular Hbond substituents is 1. The van der Waals surface area contributed by atoms with Crippen LogP contribution in [-0.4, -0.2) is 21.3 Å². The summed E-state index contributed by atoms with van der Waals surface area (Å²) < 4.78 is 6.27. The molecule has 204 valence electrons. The van der Waals surface area contributed by atoms with Crippen LogP contribution < -0.4 is 0 Å². The summed E-state index contributed by atoms with van der Waals surface area (Å²) >= 11 is 0. The lowest BCUT2D eigenvalue weighted by atomic mass is 9.79. The van der Waals surface area contributed by atoms with Gasteiger partial charge in [-0.3, -0.25) is 9.98 Å². The molecule has 0 aliphatic heterocycles. The summed E-state index contributed by atoms with van der Waals surface area (Å²) in [5.74, 6) is 0.756. The van der Waals surface area contributed by atoms with E-state index in [1.807, 2.05) is 62.4 Å². The highest BCUT2D eigenvalue weighted by Gasteiger charge is 2.24. The number of rotatable bonds is 4. The third-order valence-electron chi connectivity index (χ3n) is 7.22. The standard InChI is InChI=1S/C35H37N3O2/c1-21-16-17-25(22(2)37-21)26-13-11-15-30-31(26)38-33(40-30)27-12-9-10-14-29(27)36-20-23-18-24(34(3,4)5)19-28(32(23)39)35(6,7)8/h9-20,39H,1-8H3. The summed E-state index contributed by atoms with van der Waals surface area (Å²) in [5.41, 5.74) is 9.39. The summed E-state index contributed by atoms with van der Waals surface area (Å²) in [6, 6.07) is 22.0. The van der Waals surface area contributed by atoms with Gasteiger partial charge < -0.3 is 9.52 Å². The Hall–Kier alpha value is -4.25. The monoisotopic (exact) mass is 531 g/mol. The van der Waals surface area contributed by atoms with Gasteiger partial charge in [-0.2, -0.15) is 0 Å². The Morgan fingerprint density at radius 3 is 2.20 bits per heavy atom. The van der Waals surface area contributed by atoms with Gasteiger partial charge in [0.1, 0.15) is 11.3 Å². The quantitative estimate of drug-likeness (QED) is 0.235. The summed E-state index contributed by atoms with van der Waals surface area (Å²) in [6.45, 7) is 16.9. The number of para-hydroxylation sites is 2. The van der Waals surface area contributed by atoms with Crippen molar-refractivity contribution in [1.82, 2.24) is 9.97 Å². The van der Waals surface area contributed by atoms with Gasteiger partial charge in [0.25, 0.3) is 0 Å². The van der Waals surface area contributed by atoms with Crippen LogP contribution >= 0.6 is 0 Å². The number of aromatic hydroxyl groups is 1. The second-order valence-corrected chi connectivity index (χ2v) is 12.5. The van der Waals surface area contributed by atoms with Gasteiger partial charge in [-0.15, -0.1) is 0 Å². The number of fused-ring (bicyclic) bond motifs is 1. The molecule has 0 aliphatic rings. The van der Waals surface area contributed by atoms with Crippen molar-refractivity contribution in [3.05, 3.63) is 94.8 Å². The molecule has 0 bridgehead atoms. The van der Waals surface area contributed by atoms with E-state index in [9.17, 15) is 5.11 Å². The maximum absolute atomic E-state index is 11.2. The fraction of sp³-hybridized carbons (Fsp3) is 0.286. The van der Waals surface area contributed by atoms with Crippen LogP contribution in [0.4, 0.5) is 5.69 Å². The maximum atomic E-state index is 11.2. The van der Waals surface area contributed by atoms with E-state index in [1.54, 1.807) is 6.21 Å². The van der Waals surface area contributed by atoms with Crippen LogP contribution in [0.25, 0.3) is 33.7 Å². The Morgan fingerprint density at radius 1 is 0.775 bits per heavy atom. The van der Waals surface area contributed by atoms with Crippen molar-refractivity contribution in [2.75, 3.05) is 0 Å². The molecule has 0 saturated carbocycles. The first-order chi connectivity index (χ1) is 18.8. The number of benzene rings is 3. The molecule has 0 spiro atoms. The van der Waals surface area contributed by atoms with Crippen molar-refractivity contribution in [2.45, 2.75) is 66.2 Å². The highest BCUT2D eigenvalue weighted by atomic mass is 16.3. The van der Waals surface area contributed by atoms with Crippen molar-refractivity contribution in [2.24, 2.45) is 4.99 Å². The van der Waals surface area contributed by atoms with Gasteiger partial charge in [-0.25, -0.2) is 4.98 Å². The summed E-state index contributed by atoms with van der Waals surface area (Å²) in [5, 5.41) is 11.2. The molecule has 1 N–H and O–H groups in total. The van der Waals surface area contributed by atoms with E-state index in [0.717, 1.165) is 44.7 Å². The van der Waals surface area contributed by atoms with E-state index in [2.05, 4.69) is 64.7 Å². The molecule has 2 heterocycles. The normalized spacial score (nSPS) is 12.5. The first-order valence-electron chi connectivity index (χ1n) is 13.7. The van der Waals surface area contributed by atoms with Crippen molar-refractivity contribution < 1.29 is 9.52 Å². The third kappa shape index (κ3) is 5.29. The van der Waals surface area contributed by atoms with Crippen molar-refractivity contribution in [1.29, 1.82) is 0 Å². The van der Waals surface area contributed by atoms with Gasteiger partial charge >= 0.3 is 0 Å². The Morgan fingerprint density at radius 2 is 1.50 bits per heavy atom. The lowest BCUT2D eigenvalue weighted by molar-refractivity contribution is 0.444. The number of nitrogens with zero attached hydrogens (tertiary/aromatic N) is 3. The number of aryl methyl sites for hydroxylation is 2. The van der Waals surface area contributed by atoms with Crippen LogP contribution in [0.1, 0.15) is 69.6 Å². The molecule has 2 aromatic heterocycles. The number of aliphatic imine (C=N–C) groups is 1. The molecule has 0 radical (unpaired) electrons. The molecule has 5 heteroatoms. The minimum atomic E-state index is -0.215. The van der Waals surface area contributed by atoms with E-state index in [0.29, 0.717) is 22.7 Å². The van der Waals surface area contributed by atoms with Crippen molar-refractivity contribution in [3.8, 4) is 28.3 Å². The topological polar surface area (TPSA) is 71.5 Å². The van der Waals surface area contributed by atoms with Crippen molar-refractivity contribution >= 4 is 23.0 Å². The maximum Gasteiger partial charge on any atom is 0.229 e. The van der Waals surface area contributed by atoms with Crippen LogP contribution in [0.15, 0.2) is 76.1 Å². The van der Waals surface area contributed by atoms with Crippen LogP contribution in [0.3, 0.4) is 0 Å². The largest absolute Gasteiger partial charge is 0.507 e. The van der Waals surface area contributed by atoms with E-state index < -0.39 is 0 Å². The Bertz CT molecular complexity index is 1750. The molecule has 0 unspecified atom stereocenters. The van der Waals surface area contributed by atoms with Crippen LogP contribution in [0.5, 0.6) is 5.75 Å². The van der Waals surface area contributed by atoms with Crippen LogP contribution in [-0.2, 0) is 10.8 Å². The minimum absolute atomic E-state index is 0.0740. The predicted octanol–water partition coefficient (Wildman–Crippen LogP) is 9.22. The van der Waals surface area contributed by atoms with E-state index >= 15 is 0 Å². The van der Waals surface area contributed by atoms with Crippen molar-refractivity contribution in [3.63, 3.8) is 0 Å².